The van der Waals surface area contributed by atoms with Crippen molar-refractivity contribution in [3.8, 4) is 11.3 Å². The Bertz CT molecular complexity index is 520. The first-order valence-corrected chi connectivity index (χ1v) is 5.14. The quantitative estimate of drug-likeness (QED) is 0.737. The molecular formula is C12H7ClF3N. The van der Waals surface area contributed by atoms with Crippen molar-refractivity contribution in [3.63, 3.8) is 0 Å². The maximum Gasteiger partial charge on any atom is 0.416 e. The Morgan fingerprint density at radius 2 is 1.65 bits per heavy atom. The van der Waals surface area contributed by atoms with Crippen LogP contribution in [0.2, 0.25) is 5.02 Å². The van der Waals surface area contributed by atoms with Gasteiger partial charge in [0, 0.05) is 11.8 Å². The Balaban J connectivity index is 2.40. The van der Waals surface area contributed by atoms with Gasteiger partial charge >= 0.3 is 6.18 Å². The first-order valence-electron chi connectivity index (χ1n) is 4.76. The molecule has 2 rings (SSSR count). The molecule has 1 nitrogen and oxygen atoms in total. The van der Waals surface area contributed by atoms with Crippen LogP contribution < -0.4 is 0 Å². The van der Waals surface area contributed by atoms with Crippen LogP contribution in [0, 0.1) is 0 Å². The topological polar surface area (TPSA) is 12.9 Å². The predicted octanol–water partition coefficient (Wildman–Crippen LogP) is 4.42. The summed E-state index contributed by atoms with van der Waals surface area (Å²) in [5.74, 6) is 0. The first kappa shape index (κ1) is 11.9. The lowest BCUT2D eigenvalue weighted by molar-refractivity contribution is -0.137. The summed E-state index contributed by atoms with van der Waals surface area (Å²) in [5.41, 5.74) is 0.347. The number of nitrogens with zero attached hydrogens (tertiary/aromatic N) is 1. The average Bonchev–Trinajstić information content (AvgIpc) is 2.29. The van der Waals surface area contributed by atoms with Crippen LogP contribution in [0.5, 0.6) is 0 Å². The zero-order valence-corrected chi connectivity index (χ0v) is 9.26. The Labute approximate surface area is 101 Å². The second kappa shape index (κ2) is 4.37. The van der Waals surface area contributed by atoms with Gasteiger partial charge in [0.25, 0.3) is 0 Å². The normalized spacial score (nSPS) is 11.5. The fraction of sp³-hybridized carbons (Fsp3) is 0.0833. The Morgan fingerprint density at radius 1 is 1.00 bits per heavy atom. The number of halogens is 4. The van der Waals surface area contributed by atoms with Gasteiger partial charge in [-0.15, -0.1) is 0 Å². The third-order valence-electron chi connectivity index (χ3n) is 2.24. The molecule has 0 saturated heterocycles. The summed E-state index contributed by atoms with van der Waals surface area (Å²) >= 11 is 5.90. The van der Waals surface area contributed by atoms with Crippen molar-refractivity contribution in [2.24, 2.45) is 0 Å². The summed E-state index contributed by atoms with van der Waals surface area (Å²) in [6.45, 7) is 0. The van der Waals surface area contributed by atoms with Crippen LogP contribution in [0.4, 0.5) is 13.2 Å². The largest absolute Gasteiger partial charge is 0.416 e. The summed E-state index contributed by atoms with van der Waals surface area (Å²) in [6, 6.07) is 8.05. The van der Waals surface area contributed by atoms with Crippen LogP contribution in [0.1, 0.15) is 5.56 Å². The monoisotopic (exact) mass is 257 g/mol. The predicted molar refractivity (Wildman–Crippen MR) is 59.7 cm³/mol. The summed E-state index contributed by atoms with van der Waals surface area (Å²) in [6.07, 6.45) is -2.79. The molecule has 1 aromatic heterocycles. The molecule has 0 saturated carbocycles. The van der Waals surface area contributed by atoms with Crippen molar-refractivity contribution >= 4 is 11.6 Å². The van der Waals surface area contributed by atoms with Crippen LogP contribution in [-0.2, 0) is 6.18 Å². The fourth-order valence-corrected chi connectivity index (χ4v) is 1.65. The molecule has 0 aliphatic heterocycles. The Morgan fingerprint density at radius 3 is 2.18 bits per heavy atom. The Kier molecular flexibility index (Phi) is 3.07. The van der Waals surface area contributed by atoms with Crippen molar-refractivity contribution in [3.05, 3.63) is 53.2 Å². The van der Waals surface area contributed by atoms with Gasteiger partial charge in [-0.3, -0.25) is 4.98 Å². The van der Waals surface area contributed by atoms with E-state index >= 15 is 0 Å². The van der Waals surface area contributed by atoms with Crippen LogP contribution in [0.3, 0.4) is 0 Å². The van der Waals surface area contributed by atoms with Gasteiger partial charge in [-0.1, -0.05) is 23.7 Å². The van der Waals surface area contributed by atoms with E-state index in [1.54, 1.807) is 18.3 Å². The fourth-order valence-electron chi connectivity index (χ4n) is 1.42. The van der Waals surface area contributed by atoms with E-state index in [0.29, 0.717) is 16.3 Å². The molecule has 1 aromatic carbocycles. The summed E-state index contributed by atoms with van der Waals surface area (Å²) in [5, 5.41) is 0.409. The smallest absolute Gasteiger partial charge is 0.255 e. The minimum absolute atomic E-state index is 0.409. The van der Waals surface area contributed by atoms with Gasteiger partial charge in [-0.05, 0) is 24.3 Å². The molecule has 88 valence electrons. The van der Waals surface area contributed by atoms with Gasteiger partial charge in [-0.25, -0.2) is 0 Å². The zero-order valence-electron chi connectivity index (χ0n) is 8.50. The number of aromatic nitrogens is 1. The molecule has 2 aromatic rings. The molecule has 0 radical (unpaired) electrons. The number of alkyl halides is 3. The minimum atomic E-state index is -4.33. The highest BCUT2D eigenvalue weighted by molar-refractivity contribution is 6.33. The number of pyridine rings is 1. The minimum Gasteiger partial charge on any atom is -0.255 e. The highest BCUT2D eigenvalue weighted by atomic mass is 35.5. The molecule has 0 N–H and O–H groups in total. The number of hydrogen-bond donors (Lipinski definition) is 0. The standard InChI is InChI=1S/C12H7ClF3N/c13-10-2-1-7-17-11(10)8-3-5-9(6-4-8)12(14,15)16/h1-7H. The Hall–Kier alpha value is -1.55. The van der Waals surface area contributed by atoms with Gasteiger partial charge in [-0.2, -0.15) is 13.2 Å². The maximum atomic E-state index is 12.4. The van der Waals surface area contributed by atoms with Crippen LogP contribution >= 0.6 is 11.6 Å². The second-order valence-electron chi connectivity index (χ2n) is 3.41. The lowest BCUT2D eigenvalue weighted by Crippen LogP contribution is -2.04. The van der Waals surface area contributed by atoms with E-state index in [1.807, 2.05) is 0 Å². The number of rotatable bonds is 1. The number of hydrogen-bond acceptors (Lipinski definition) is 1. The van der Waals surface area contributed by atoms with Crippen molar-refractivity contribution in [2.45, 2.75) is 6.18 Å². The van der Waals surface area contributed by atoms with Crippen molar-refractivity contribution in [1.29, 1.82) is 0 Å². The molecular weight excluding hydrogens is 251 g/mol. The molecule has 0 amide bonds. The third-order valence-corrected chi connectivity index (χ3v) is 2.55. The molecule has 0 unspecified atom stereocenters. The van der Waals surface area contributed by atoms with E-state index in [0.717, 1.165) is 12.1 Å². The lowest BCUT2D eigenvalue weighted by atomic mass is 10.1. The van der Waals surface area contributed by atoms with E-state index < -0.39 is 11.7 Å². The lowest BCUT2D eigenvalue weighted by Gasteiger charge is -2.07. The van der Waals surface area contributed by atoms with E-state index in [9.17, 15) is 13.2 Å². The molecule has 17 heavy (non-hydrogen) atoms. The zero-order chi connectivity index (χ0) is 12.5. The van der Waals surface area contributed by atoms with Crippen LogP contribution in [-0.4, -0.2) is 4.98 Å². The molecule has 0 spiro atoms. The van der Waals surface area contributed by atoms with Crippen LogP contribution in [0.15, 0.2) is 42.6 Å². The third kappa shape index (κ3) is 2.58. The average molecular weight is 258 g/mol. The van der Waals surface area contributed by atoms with E-state index in [2.05, 4.69) is 4.98 Å². The molecule has 0 atom stereocenters. The van der Waals surface area contributed by atoms with Crippen molar-refractivity contribution < 1.29 is 13.2 Å². The molecule has 0 fully saturated rings. The number of benzene rings is 1. The summed E-state index contributed by atoms with van der Waals surface area (Å²) < 4.78 is 37.1. The van der Waals surface area contributed by atoms with E-state index in [1.165, 1.54) is 12.1 Å². The first-order chi connectivity index (χ1) is 7.98. The second-order valence-corrected chi connectivity index (χ2v) is 3.82. The van der Waals surface area contributed by atoms with Crippen molar-refractivity contribution in [2.75, 3.05) is 0 Å². The van der Waals surface area contributed by atoms with Crippen molar-refractivity contribution in [1.82, 2.24) is 4.98 Å². The molecule has 0 aliphatic carbocycles. The summed E-state index contributed by atoms with van der Waals surface area (Å²) in [4.78, 5) is 4.03. The molecule has 5 heteroatoms. The molecule has 0 bridgehead atoms. The van der Waals surface area contributed by atoms with Crippen LogP contribution in [0.25, 0.3) is 11.3 Å². The molecule has 1 heterocycles. The van der Waals surface area contributed by atoms with Gasteiger partial charge in [0.2, 0.25) is 0 Å². The van der Waals surface area contributed by atoms with E-state index in [-0.39, 0.29) is 0 Å². The van der Waals surface area contributed by atoms with Gasteiger partial charge in [0.1, 0.15) is 0 Å². The van der Waals surface area contributed by atoms with Gasteiger partial charge in [0.05, 0.1) is 16.3 Å². The molecule has 0 aliphatic rings. The summed E-state index contributed by atoms with van der Waals surface area (Å²) in [7, 11) is 0. The highest BCUT2D eigenvalue weighted by Gasteiger charge is 2.30. The SMILES string of the molecule is FC(F)(F)c1ccc(-c2ncccc2Cl)cc1. The van der Waals surface area contributed by atoms with Gasteiger partial charge < -0.3 is 0 Å². The highest BCUT2D eigenvalue weighted by Crippen LogP contribution is 2.31. The maximum absolute atomic E-state index is 12.4. The van der Waals surface area contributed by atoms with Gasteiger partial charge in [0.15, 0.2) is 0 Å². The van der Waals surface area contributed by atoms with E-state index in [4.69, 9.17) is 11.6 Å².